The van der Waals surface area contributed by atoms with E-state index in [0.29, 0.717) is 11.1 Å². The molecule has 0 saturated heterocycles. The zero-order valence-electron chi connectivity index (χ0n) is 30.5. The number of nitro groups is 1. The van der Waals surface area contributed by atoms with Crippen molar-refractivity contribution in [3.8, 4) is 0 Å². The number of carbonyl (C=O) groups is 5. The van der Waals surface area contributed by atoms with Crippen molar-refractivity contribution >= 4 is 52.5 Å². The predicted molar refractivity (Wildman–Crippen MR) is 201 cm³/mol. The number of hydrogen-bond donors (Lipinski definition) is 6. The molecule has 0 aliphatic heterocycles. The molecule has 284 valence electrons. The fourth-order valence-corrected chi connectivity index (χ4v) is 5.35. The molecule has 0 radical (unpaired) electrons. The molecule has 3 rings (SSSR count). The van der Waals surface area contributed by atoms with Crippen LogP contribution in [0.5, 0.6) is 0 Å². The summed E-state index contributed by atoms with van der Waals surface area (Å²) in [5.74, 6) is -3.73. The number of nitrogens with zero attached hydrogens (tertiary/aromatic N) is 1. The van der Waals surface area contributed by atoms with Crippen molar-refractivity contribution in [1.82, 2.24) is 21.3 Å². The summed E-state index contributed by atoms with van der Waals surface area (Å²) in [4.78, 5) is 78.2. The number of anilines is 1. The Bertz CT molecular complexity index is 1770. The maximum atomic E-state index is 13.9. The highest BCUT2D eigenvalue weighted by Crippen LogP contribution is 2.27. The van der Waals surface area contributed by atoms with Gasteiger partial charge >= 0.3 is 0 Å². The van der Waals surface area contributed by atoms with E-state index in [2.05, 4.69) is 26.6 Å². The van der Waals surface area contributed by atoms with Gasteiger partial charge in [0.25, 0.3) is 5.69 Å². The first-order valence-corrected chi connectivity index (χ1v) is 17.5. The van der Waals surface area contributed by atoms with Gasteiger partial charge in [0.05, 0.1) is 21.7 Å². The molecule has 0 heterocycles. The van der Waals surface area contributed by atoms with Crippen molar-refractivity contribution in [1.29, 1.82) is 0 Å². The quantitative estimate of drug-likeness (QED) is 0.0938. The van der Waals surface area contributed by atoms with Crippen LogP contribution in [0.25, 0.3) is 0 Å². The van der Waals surface area contributed by atoms with Crippen molar-refractivity contribution < 1.29 is 34.0 Å². The summed E-state index contributed by atoms with van der Waals surface area (Å²) in [6, 6.07) is 16.0. The Labute approximate surface area is 313 Å². The monoisotopic (exact) mass is 750 g/mol. The molecule has 6 N–H and O–H groups in total. The molecule has 0 aliphatic carbocycles. The summed E-state index contributed by atoms with van der Waals surface area (Å²) in [6.07, 6.45) is -1.45. The van der Waals surface area contributed by atoms with Crippen molar-refractivity contribution in [2.24, 2.45) is 11.3 Å². The summed E-state index contributed by atoms with van der Waals surface area (Å²) in [6.45, 7) is 9.93. The Morgan fingerprint density at radius 1 is 0.717 bits per heavy atom. The first-order valence-electron chi connectivity index (χ1n) is 17.1. The molecule has 15 heteroatoms. The molecule has 3 aromatic carbocycles. The van der Waals surface area contributed by atoms with Gasteiger partial charge in [-0.2, -0.15) is 0 Å². The van der Waals surface area contributed by atoms with Crippen LogP contribution in [0, 0.1) is 21.4 Å². The highest BCUT2D eigenvalue weighted by Gasteiger charge is 2.35. The van der Waals surface area contributed by atoms with E-state index in [0.717, 1.165) is 12.1 Å². The van der Waals surface area contributed by atoms with Crippen LogP contribution < -0.4 is 26.6 Å². The average Bonchev–Trinajstić information content (AvgIpc) is 3.09. The van der Waals surface area contributed by atoms with E-state index in [9.17, 15) is 39.2 Å². The molecule has 0 aromatic heterocycles. The van der Waals surface area contributed by atoms with Crippen LogP contribution in [-0.4, -0.2) is 69.8 Å². The molecule has 5 atom stereocenters. The molecule has 0 fully saturated rings. The summed E-state index contributed by atoms with van der Waals surface area (Å²) in [7, 11) is 0. The molecule has 0 spiro atoms. The molecule has 0 aliphatic rings. The van der Waals surface area contributed by atoms with E-state index in [1.165, 1.54) is 13.0 Å². The van der Waals surface area contributed by atoms with Crippen LogP contribution in [0.2, 0.25) is 5.02 Å². The Kier molecular flexibility index (Phi) is 15.0. The lowest BCUT2D eigenvalue weighted by Gasteiger charge is -2.29. The van der Waals surface area contributed by atoms with Gasteiger partial charge in [-0.05, 0) is 30.0 Å². The minimum Gasteiger partial charge on any atom is -0.391 e. The van der Waals surface area contributed by atoms with Crippen molar-refractivity contribution in [2.45, 2.75) is 84.7 Å². The summed E-state index contributed by atoms with van der Waals surface area (Å²) in [5.41, 5.74) is 0.358. The van der Waals surface area contributed by atoms with Crippen LogP contribution in [-0.2, 0) is 36.8 Å². The fraction of sp³-hybridized carbons (Fsp3) is 0.395. The first kappa shape index (κ1) is 42.1. The van der Waals surface area contributed by atoms with E-state index in [1.54, 1.807) is 95.3 Å². The lowest BCUT2D eigenvalue weighted by molar-refractivity contribution is -0.384. The van der Waals surface area contributed by atoms with E-state index in [1.807, 2.05) is 0 Å². The number of carbonyl (C=O) groups excluding carboxylic acids is 5. The predicted octanol–water partition coefficient (Wildman–Crippen LogP) is 3.69. The standard InChI is InChI=1S/C38H47ClN6O8/c1-22(2)31(44-37(51)38(4,5)6)35(49)41-30(20-25-15-11-8-12-16-25)34(48)43-32(23(3)46)36(50)42-29(19-24-13-9-7-10-14-24)33(47)40-28-18-17-26(45(52)53)21-27(28)39/h7-18,21-23,29-32,46H,19-20H2,1-6H3,(H,40,47)(H,41,49)(H,42,50)(H,43,48)(H,44,51)/t23?,29-,30-,31-,32-/m0/s1. The van der Waals surface area contributed by atoms with Gasteiger partial charge < -0.3 is 31.7 Å². The Balaban J connectivity index is 1.87. The minimum atomic E-state index is -1.58. The third-order valence-electron chi connectivity index (χ3n) is 8.23. The van der Waals surface area contributed by atoms with Crippen LogP contribution in [0.15, 0.2) is 78.9 Å². The summed E-state index contributed by atoms with van der Waals surface area (Å²) < 4.78 is 0. The van der Waals surface area contributed by atoms with Crippen LogP contribution in [0.3, 0.4) is 0 Å². The summed E-state index contributed by atoms with van der Waals surface area (Å²) >= 11 is 6.20. The molecule has 1 unspecified atom stereocenters. The molecular formula is C38H47ClN6O8. The van der Waals surface area contributed by atoms with Gasteiger partial charge in [-0.25, -0.2) is 0 Å². The maximum Gasteiger partial charge on any atom is 0.271 e. The molecule has 3 aromatic rings. The molecular weight excluding hydrogens is 704 g/mol. The van der Waals surface area contributed by atoms with E-state index in [-0.39, 0.29) is 41.1 Å². The largest absolute Gasteiger partial charge is 0.391 e. The third-order valence-corrected chi connectivity index (χ3v) is 8.54. The Morgan fingerprint density at radius 2 is 1.21 bits per heavy atom. The highest BCUT2D eigenvalue weighted by molar-refractivity contribution is 6.34. The number of benzene rings is 3. The SMILES string of the molecule is CC(C)[C@H](NC(=O)C(C)(C)C)C(=O)N[C@@H](Cc1ccccc1)C(=O)N[C@H](C(=O)N[C@@H](Cc1ccccc1)C(=O)Nc1ccc([N+](=O)[O-])cc1Cl)C(C)O. The second-order valence-corrected chi connectivity index (χ2v) is 14.5. The van der Waals surface area contributed by atoms with Crippen molar-refractivity contribution in [2.75, 3.05) is 5.32 Å². The number of amides is 5. The van der Waals surface area contributed by atoms with Crippen molar-refractivity contribution in [3.05, 3.63) is 105 Å². The number of halogens is 1. The van der Waals surface area contributed by atoms with Crippen molar-refractivity contribution in [3.63, 3.8) is 0 Å². The molecule has 53 heavy (non-hydrogen) atoms. The van der Waals surface area contributed by atoms with Gasteiger partial charge in [-0.15, -0.1) is 0 Å². The van der Waals surface area contributed by atoms with E-state index >= 15 is 0 Å². The third kappa shape index (κ3) is 12.7. The summed E-state index contributed by atoms with van der Waals surface area (Å²) in [5, 5.41) is 35.0. The van der Waals surface area contributed by atoms with E-state index in [4.69, 9.17) is 11.6 Å². The van der Waals surface area contributed by atoms with Crippen LogP contribution >= 0.6 is 11.6 Å². The fourth-order valence-electron chi connectivity index (χ4n) is 5.13. The molecule has 0 saturated carbocycles. The normalized spacial score (nSPS) is 14.1. The Hall–Kier alpha value is -5.34. The number of non-ortho nitro benzene ring substituents is 1. The lowest BCUT2D eigenvalue weighted by Crippen LogP contribution is -2.61. The second-order valence-electron chi connectivity index (χ2n) is 14.1. The van der Waals surface area contributed by atoms with Gasteiger partial charge in [0.1, 0.15) is 24.2 Å². The molecule has 5 amide bonds. The van der Waals surface area contributed by atoms with Gasteiger partial charge in [0.2, 0.25) is 29.5 Å². The highest BCUT2D eigenvalue weighted by atomic mass is 35.5. The number of nitro benzene ring substituents is 1. The first-order chi connectivity index (χ1) is 24.9. The van der Waals surface area contributed by atoms with Gasteiger partial charge in [-0.3, -0.25) is 34.1 Å². The number of hydrogen-bond acceptors (Lipinski definition) is 8. The zero-order chi connectivity index (χ0) is 39.5. The lowest BCUT2D eigenvalue weighted by atomic mass is 9.93. The molecule has 14 nitrogen and oxygen atoms in total. The second kappa shape index (κ2) is 18.9. The van der Waals surface area contributed by atoms with Gasteiger partial charge in [0.15, 0.2) is 0 Å². The number of nitrogens with one attached hydrogen (secondary N) is 5. The average molecular weight is 751 g/mol. The van der Waals surface area contributed by atoms with E-state index < -0.39 is 64.2 Å². The smallest absolute Gasteiger partial charge is 0.271 e. The number of rotatable bonds is 16. The zero-order valence-corrected chi connectivity index (χ0v) is 31.3. The maximum absolute atomic E-state index is 13.9. The number of aliphatic hydroxyl groups excluding tert-OH is 1. The number of aliphatic hydroxyl groups is 1. The minimum absolute atomic E-state index is 0.00689. The van der Waals surface area contributed by atoms with Crippen LogP contribution in [0.1, 0.15) is 52.7 Å². The molecule has 0 bridgehead atoms. The Morgan fingerprint density at radius 3 is 1.64 bits per heavy atom. The van der Waals surface area contributed by atoms with Crippen LogP contribution in [0.4, 0.5) is 11.4 Å². The van der Waals surface area contributed by atoms with Gasteiger partial charge in [0, 0.05) is 30.4 Å². The topological polar surface area (TPSA) is 209 Å². The van der Waals surface area contributed by atoms with Gasteiger partial charge in [-0.1, -0.05) is 107 Å².